The Hall–Kier alpha value is -2.37. The smallest absolute Gasteiger partial charge is 0.306 e. The standard InChI is InChI=1S/C75H140O6/c1-4-7-10-13-16-19-22-25-28-31-33-35-36-37-38-40-41-44-47-50-53-56-59-62-65-68-74(77)80-71-72(70-79-73(76)67-64-61-58-55-52-49-46-43-30-27-24-21-18-15-12-9-6-3)81-75(78)69-66-63-60-57-54-51-48-45-42-39-34-32-29-26-23-20-17-14-11-8-5-2/h22,25,27,30-31,33,72H,4-21,23-24,26,28-29,32,34-71H2,1-3H3/b25-22-,30-27-,33-31-. The van der Waals surface area contributed by atoms with Crippen molar-refractivity contribution in [2.75, 3.05) is 13.2 Å². The number of hydrogen-bond acceptors (Lipinski definition) is 6. The lowest BCUT2D eigenvalue weighted by Gasteiger charge is -2.18. The lowest BCUT2D eigenvalue weighted by atomic mass is 10.0. The number of ether oxygens (including phenoxy) is 3. The summed E-state index contributed by atoms with van der Waals surface area (Å²) in [6.45, 7) is 6.71. The van der Waals surface area contributed by atoms with Crippen LogP contribution in [-0.4, -0.2) is 37.2 Å². The fraction of sp³-hybridized carbons (Fsp3) is 0.880. The highest BCUT2D eigenvalue weighted by molar-refractivity contribution is 5.71. The molecule has 0 aliphatic carbocycles. The van der Waals surface area contributed by atoms with Gasteiger partial charge in [0.15, 0.2) is 6.10 Å². The minimum Gasteiger partial charge on any atom is -0.462 e. The highest BCUT2D eigenvalue weighted by atomic mass is 16.6. The Morgan fingerprint density at radius 3 is 0.691 bits per heavy atom. The quantitative estimate of drug-likeness (QED) is 0.0261. The highest BCUT2D eigenvalue weighted by Gasteiger charge is 2.19. The second-order valence-electron chi connectivity index (χ2n) is 24.9. The van der Waals surface area contributed by atoms with Crippen molar-refractivity contribution in [3.8, 4) is 0 Å². The van der Waals surface area contributed by atoms with Crippen molar-refractivity contribution < 1.29 is 28.6 Å². The summed E-state index contributed by atoms with van der Waals surface area (Å²) < 4.78 is 17.0. The number of carbonyl (C=O) groups excluding carboxylic acids is 3. The fourth-order valence-electron chi connectivity index (χ4n) is 11.1. The first kappa shape index (κ1) is 78.6. The van der Waals surface area contributed by atoms with Crippen LogP contribution in [0.3, 0.4) is 0 Å². The van der Waals surface area contributed by atoms with Gasteiger partial charge in [-0.1, -0.05) is 346 Å². The molecule has 0 bridgehead atoms. The van der Waals surface area contributed by atoms with E-state index in [4.69, 9.17) is 14.2 Å². The van der Waals surface area contributed by atoms with E-state index in [2.05, 4.69) is 57.2 Å². The van der Waals surface area contributed by atoms with Crippen LogP contribution in [0, 0.1) is 0 Å². The van der Waals surface area contributed by atoms with Crippen LogP contribution < -0.4 is 0 Å². The van der Waals surface area contributed by atoms with Crippen LogP contribution in [-0.2, 0) is 28.6 Å². The summed E-state index contributed by atoms with van der Waals surface area (Å²) in [7, 11) is 0. The fourth-order valence-corrected chi connectivity index (χ4v) is 11.1. The summed E-state index contributed by atoms with van der Waals surface area (Å²) in [5.41, 5.74) is 0. The van der Waals surface area contributed by atoms with Crippen LogP contribution >= 0.6 is 0 Å². The molecule has 81 heavy (non-hydrogen) atoms. The lowest BCUT2D eigenvalue weighted by molar-refractivity contribution is -0.167. The SMILES string of the molecule is CCCCCCC/C=C\C/C=C\CCCCCCCCCCCCCCCC(=O)OCC(COC(=O)CCCCCCCCC/C=C\CCCCCCCC)OC(=O)CCCCCCCCCCCCCCCCCCCCCCC. The van der Waals surface area contributed by atoms with Crippen LogP contribution in [0.1, 0.15) is 406 Å². The maximum absolute atomic E-state index is 13.0. The van der Waals surface area contributed by atoms with Gasteiger partial charge in [-0.3, -0.25) is 14.4 Å². The van der Waals surface area contributed by atoms with Crippen molar-refractivity contribution in [2.24, 2.45) is 0 Å². The molecule has 0 spiro atoms. The summed E-state index contributed by atoms with van der Waals surface area (Å²) >= 11 is 0. The van der Waals surface area contributed by atoms with Gasteiger partial charge in [-0.15, -0.1) is 0 Å². The van der Waals surface area contributed by atoms with Crippen molar-refractivity contribution in [3.63, 3.8) is 0 Å². The molecular formula is C75H140O6. The van der Waals surface area contributed by atoms with Gasteiger partial charge in [-0.05, 0) is 77.0 Å². The third kappa shape index (κ3) is 68.3. The Bertz CT molecular complexity index is 1350. The zero-order valence-corrected chi connectivity index (χ0v) is 54.8. The van der Waals surface area contributed by atoms with E-state index in [1.807, 2.05) is 0 Å². The molecule has 476 valence electrons. The van der Waals surface area contributed by atoms with Crippen LogP contribution in [0.2, 0.25) is 0 Å². The van der Waals surface area contributed by atoms with Crippen molar-refractivity contribution in [3.05, 3.63) is 36.5 Å². The Kier molecular flexibility index (Phi) is 68.1. The minimum absolute atomic E-state index is 0.0686. The minimum atomic E-state index is -0.773. The largest absolute Gasteiger partial charge is 0.462 e. The predicted molar refractivity (Wildman–Crippen MR) is 353 cm³/mol. The van der Waals surface area contributed by atoms with Crippen LogP contribution in [0.4, 0.5) is 0 Å². The molecule has 6 nitrogen and oxygen atoms in total. The molecule has 0 amide bonds. The van der Waals surface area contributed by atoms with Crippen molar-refractivity contribution in [1.29, 1.82) is 0 Å². The van der Waals surface area contributed by atoms with Gasteiger partial charge in [-0.2, -0.15) is 0 Å². The Labute approximate surface area is 506 Å². The van der Waals surface area contributed by atoms with Gasteiger partial charge >= 0.3 is 17.9 Å². The molecule has 0 N–H and O–H groups in total. The van der Waals surface area contributed by atoms with E-state index in [1.54, 1.807) is 0 Å². The predicted octanol–water partition coefficient (Wildman–Crippen LogP) is 25.1. The third-order valence-corrected chi connectivity index (χ3v) is 16.6. The first-order valence-corrected chi connectivity index (χ1v) is 36.5. The van der Waals surface area contributed by atoms with E-state index in [0.29, 0.717) is 19.3 Å². The number of carbonyl (C=O) groups is 3. The van der Waals surface area contributed by atoms with Gasteiger partial charge < -0.3 is 14.2 Å². The monoisotopic (exact) mass is 1140 g/mol. The Morgan fingerprint density at radius 1 is 0.247 bits per heavy atom. The molecule has 0 aromatic rings. The number of rotatable bonds is 68. The van der Waals surface area contributed by atoms with Gasteiger partial charge in [0.05, 0.1) is 0 Å². The van der Waals surface area contributed by atoms with E-state index in [0.717, 1.165) is 64.2 Å². The summed E-state index contributed by atoms with van der Waals surface area (Å²) in [5, 5.41) is 0. The van der Waals surface area contributed by atoms with E-state index < -0.39 is 6.10 Å². The molecule has 1 unspecified atom stereocenters. The van der Waals surface area contributed by atoms with Gasteiger partial charge in [-0.25, -0.2) is 0 Å². The first-order valence-electron chi connectivity index (χ1n) is 36.5. The molecule has 0 saturated heterocycles. The molecule has 0 aliphatic rings. The zero-order valence-electron chi connectivity index (χ0n) is 54.8. The summed E-state index contributed by atoms with van der Waals surface area (Å²) in [6.07, 6.45) is 87.4. The normalized spacial score (nSPS) is 12.2. The van der Waals surface area contributed by atoms with E-state index in [-0.39, 0.29) is 31.1 Å². The van der Waals surface area contributed by atoms with Crippen LogP contribution in [0.25, 0.3) is 0 Å². The molecule has 0 aromatic heterocycles. The molecule has 1 atom stereocenters. The third-order valence-electron chi connectivity index (χ3n) is 16.6. The van der Waals surface area contributed by atoms with Gasteiger partial charge in [0.1, 0.15) is 13.2 Å². The topological polar surface area (TPSA) is 78.9 Å². The highest BCUT2D eigenvalue weighted by Crippen LogP contribution is 2.19. The molecule has 0 saturated carbocycles. The Balaban J connectivity index is 4.29. The molecule has 0 aromatic carbocycles. The van der Waals surface area contributed by atoms with Crippen LogP contribution in [0.5, 0.6) is 0 Å². The molecule has 0 rings (SSSR count). The van der Waals surface area contributed by atoms with Crippen molar-refractivity contribution in [2.45, 2.75) is 412 Å². The van der Waals surface area contributed by atoms with E-state index in [9.17, 15) is 14.4 Å². The van der Waals surface area contributed by atoms with Gasteiger partial charge in [0.2, 0.25) is 0 Å². The first-order chi connectivity index (χ1) is 40.0. The summed E-state index contributed by atoms with van der Waals surface area (Å²) in [6, 6.07) is 0. The van der Waals surface area contributed by atoms with Crippen molar-refractivity contribution in [1.82, 2.24) is 0 Å². The average molecular weight is 1140 g/mol. The molecule has 0 fully saturated rings. The number of allylic oxidation sites excluding steroid dienone is 6. The number of hydrogen-bond donors (Lipinski definition) is 0. The second-order valence-corrected chi connectivity index (χ2v) is 24.9. The lowest BCUT2D eigenvalue weighted by Crippen LogP contribution is -2.30. The zero-order chi connectivity index (χ0) is 58.5. The van der Waals surface area contributed by atoms with E-state index in [1.165, 1.54) is 302 Å². The molecule has 6 heteroatoms. The van der Waals surface area contributed by atoms with Gasteiger partial charge in [0.25, 0.3) is 0 Å². The molecule has 0 heterocycles. The maximum Gasteiger partial charge on any atom is 0.306 e. The van der Waals surface area contributed by atoms with Crippen LogP contribution in [0.15, 0.2) is 36.5 Å². The second kappa shape index (κ2) is 70.1. The Morgan fingerprint density at radius 2 is 0.444 bits per heavy atom. The summed E-state index contributed by atoms with van der Waals surface area (Å²) in [5.74, 6) is -0.841. The van der Waals surface area contributed by atoms with E-state index >= 15 is 0 Å². The molecule has 0 radical (unpaired) electrons. The van der Waals surface area contributed by atoms with Crippen molar-refractivity contribution >= 4 is 17.9 Å². The number of esters is 3. The molecule has 0 aliphatic heterocycles. The average Bonchev–Trinajstić information content (AvgIpc) is 3.47. The molecular weight excluding hydrogens is 997 g/mol. The summed E-state index contributed by atoms with van der Waals surface area (Å²) in [4.78, 5) is 38.5. The maximum atomic E-state index is 13.0. The van der Waals surface area contributed by atoms with Gasteiger partial charge in [0, 0.05) is 19.3 Å². The number of unbranched alkanes of at least 4 members (excludes halogenated alkanes) is 51.